The Labute approximate surface area is 444 Å². The average Bonchev–Trinajstić information content (AvgIpc) is 3.34. The van der Waals surface area contributed by atoms with E-state index in [1.807, 2.05) is 33.3 Å². The van der Waals surface area contributed by atoms with Crippen molar-refractivity contribution < 1.29 is 37.3 Å². The minimum absolute atomic E-state index is 0.0329. The molecule has 0 aromatic rings. The van der Waals surface area contributed by atoms with Crippen LogP contribution in [0, 0.1) is 0 Å². The summed E-state index contributed by atoms with van der Waals surface area (Å²) in [5.74, 6) is -0.586. The molecule has 3 atom stereocenters. The molecule has 0 spiro atoms. The molecule has 0 aliphatic heterocycles. The van der Waals surface area contributed by atoms with Gasteiger partial charge in [-0.3, -0.25) is 14.2 Å². The van der Waals surface area contributed by atoms with Gasteiger partial charge in [-0.15, -0.1) is 0 Å². The van der Waals surface area contributed by atoms with Crippen LogP contribution in [-0.2, 0) is 27.9 Å². The standard InChI is InChI=1S/C62H111N2O7P/c1-7-10-13-16-19-22-25-27-29-31-32-33-35-37-40-43-46-49-52-55-62(66)71-60(53-50-47-44-41-38-24-21-18-15-12-9-3)59(58-70-72(67,68)69-57-56-64(4,5)6)63-61(65)54-51-48-45-42-39-36-34-30-28-26-23-20-17-14-11-8-2/h11,14,19-20,22-23,27-30,36,39,50,53,59-60H,7-10,12-13,15-18,21,24-26,31-35,37-38,40-49,51-52,54-58H2,1-6H3,(H-,63,65,67,68)/b14-11+,22-19-,23-20+,29-27-,30-28+,39-36+,53-50+. The van der Waals surface area contributed by atoms with Crippen molar-refractivity contribution in [1.29, 1.82) is 0 Å². The molecule has 416 valence electrons. The molecule has 1 N–H and O–H groups in total. The fraction of sp³-hybridized carbons (Fsp3) is 0.742. The molecule has 0 aliphatic rings. The van der Waals surface area contributed by atoms with Crippen LogP contribution in [0.25, 0.3) is 0 Å². The molecule has 0 aliphatic carbocycles. The zero-order valence-corrected chi connectivity index (χ0v) is 48.3. The molecule has 0 heterocycles. The fourth-order valence-electron chi connectivity index (χ4n) is 8.01. The van der Waals surface area contributed by atoms with Crippen LogP contribution in [0.1, 0.15) is 245 Å². The van der Waals surface area contributed by atoms with Crippen LogP contribution in [0.3, 0.4) is 0 Å². The topological polar surface area (TPSA) is 114 Å². The van der Waals surface area contributed by atoms with Gasteiger partial charge in [0.25, 0.3) is 7.82 Å². The highest BCUT2D eigenvalue weighted by Crippen LogP contribution is 2.38. The third-order valence-electron chi connectivity index (χ3n) is 12.6. The number of esters is 1. The van der Waals surface area contributed by atoms with Crippen LogP contribution in [0.2, 0.25) is 0 Å². The van der Waals surface area contributed by atoms with Crippen LogP contribution < -0.4 is 10.2 Å². The van der Waals surface area contributed by atoms with Crippen molar-refractivity contribution in [1.82, 2.24) is 5.32 Å². The number of carbonyl (C=O) groups excluding carboxylic acids is 2. The maximum atomic E-state index is 13.5. The Morgan fingerprint density at radius 1 is 0.500 bits per heavy atom. The lowest BCUT2D eigenvalue weighted by atomic mass is 10.1. The molecular formula is C62H111N2O7P. The molecule has 0 saturated heterocycles. The Kier molecular flexibility index (Phi) is 49.6. The van der Waals surface area contributed by atoms with E-state index in [9.17, 15) is 19.0 Å². The molecule has 72 heavy (non-hydrogen) atoms. The van der Waals surface area contributed by atoms with Gasteiger partial charge < -0.3 is 28.5 Å². The lowest BCUT2D eigenvalue weighted by Gasteiger charge is -2.30. The molecule has 10 heteroatoms. The Bertz CT molecular complexity index is 1510. The fourth-order valence-corrected chi connectivity index (χ4v) is 8.74. The lowest BCUT2D eigenvalue weighted by Crippen LogP contribution is -2.47. The van der Waals surface area contributed by atoms with Crippen molar-refractivity contribution in [2.24, 2.45) is 0 Å². The van der Waals surface area contributed by atoms with Gasteiger partial charge in [0, 0.05) is 12.8 Å². The number of phosphoric acid groups is 1. The highest BCUT2D eigenvalue weighted by atomic mass is 31.2. The highest BCUT2D eigenvalue weighted by Gasteiger charge is 2.27. The number of carbonyl (C=O) groups is 2. The van der Waals surface area contributed by atoms with Gasteiger partial charge in [0.05, 0.1) is 33.8 Å². The van der Waals surface area contributed by atoms with E-state index in [2.05, 4.69) is 99.0 Å². The minimum atomic E-state index is -4.71. The van der Waals surface area contributed by atoms with Crippen molar-refractivity contribution in [3.63, 3.8) is 0 Å². The first-order valence-electron chi connectivity index (χ1n) is 29.4. The van der Waals surface area contributed by atoms with Crippen molar-refractivity contribution in [2.75, 3.05) is 40.9 Å². The van der Waals surface area contributed by atoms with Crippen molar-refractivity contribution >= 4 is 19.7 Å². The van der Waals surface area contributed by atoms with Gasteiger partial charge in [-0.2, -0.15) is 0 Å². The van der Waals surface area contributed by atoms with E-state index in [1.54, 1.807) is 0 Å². The maximum absolute atomic E-state index is 13.5. The number of ether oxygens (including phenoxy) is 1. The monoisotopic (exact) mass is 1030 g/mol. The van der Waals surface area contributed by atoms with Gasteiger partial charge >= 0.3 is 5.97 Å². The zero-order chi connectivity index (χ0) is 52.9. The summed E-state index contributed by atoms with van der Waals surface area (Å²) >= 11 is 0. The summed E-state index contributed by atoms with van der Waals surface area (Å²) in [6, 6.07) is -0.909. The predicted octanol–water partition coefficient (Wildman–Crippen LogP) is 17.2. The van der Waals surface area contributed by atoms with Gasteiger partial charge in [-0.1, -0.05) is 215 Å². The molecule has 3 unspecified atom stereocenters. The van der Waals surface area contributed by atoms with Gasteiger partial charge in [0.2, 0.25) is 5.91 Å². The van der Waals surface area contributed by atoms with Crippen LogP contribution in [0.15, 0.2) is 85.1 Å². The molecule has 0 saturated carbocycles. The third-order valence-corrected chi connectivity index (χ3v) is 13.5. The van der Waals surface area contributed by atoms with Crippen molar-refractivity contribution in [2.45, 2.75) is 258 Å². The summed E-state index contributed by atoms with van der Waals surface area (Å²) in [4.78, 5) is 39.9. The predicted molar refractivity (Wildman–Crippen MR) is 307 cm³/mol. The SMILES string of the molecule is CC/C=C/C/C=C/C/C=C/C/C=C/CCCCCC(=O)NC(COP(=O)([O-])OCC[N+](C)(C)C)C(/C=C/CCCCCCCCCCC)OC(=O)CCCCCCCCCCC/C=C\C/C=C\CCCCC. The molecule has 0 rings (SSSR count). The number of nitrogens with zero attached hydrogens (tertiary/aromatic N) is 1. The van der Waals surface area contributed by atoms with E-state index in [4.69, 9.17) is 13.8 Å². The van der Waals surface area contributed by atoms with E-state index in [1.165, 1.54) is 103 Å². The minimum Gasteiger partial charge on any atom is -0.756 e. The van der Waals surface area contributed by atoms with E-state index >= 15 is 0 Å². The quantitative estimate of drug-likeness (QED) is 0.0212. The molecule has 0 aromatic carbocycles. The Balaban J connectivity index is 5.33. The summed E-state index contributed by atoms with van der Waals surface area (Å²) in [6.07, 6.45) is 66.9. The summed E-state index contributed by atoms with van der Waals surface area (Å²) in [6.45, 7) is 6.66. The lowest BCUT2D eigenvalue weighted by molar-refractivity contribution is -0.870. The second-order valence-corrected chi connectivity index (χ2v) is 22.2. The summed E-state index contributed by atoms with van der Waals surface area (Å²) < 4.78 is 30.2. The number of hydrogen-bond donors (Lipinski definition) is 1. The number of phosphoric ester groups is 1. The number of quaternary nitrogens is 1. The number of allylic oxidation sites excluding steroid dienone is 13. The van der Waals surface area contributed by atoms with Crippen molar-refractivity contribution in [3.05, 3.63) is 85.1 Å². The third kappa shape index (κ3) is 52.1. The second kappa shape index (κ2) is 51.7. The first kappa shape index (κ1) is 69.2. The molecule has 0 aromatic heterocycles. The number of amides is 1. The van der Waals surface area contributed by atoms with E-state index in [0.29, 0.717) is 17.4 Å². The zero-order valence-electron chi connectivity index (χ0n) is 47.4. The van der Waals surface area contributed by atoms with E-state index in [0.717, 1.165) is 103 Å². The van der Waals surface area contributed by atoms with E-state index < -0.39 is 26.6 Å². The largest absolute Gasteiger partial charge is 0.756 e. The van der Waals surface area contributed by atoms with Gasteiger partial charge in [0.1, 0.15) is 19.3 Å². The van der Waals surface area contributed by atoms with Crippen LogP contribution in [0.5, 0.6) is 0 Å². The average molecular weight is 1030 g/mol. The maximum Gasteiger partial charge on any atom is 0.306 e. The molecule has 0 bridgehead atoms. The first-order chi connectivity index (χ1) is 34.9. The van der Waals surface area contributed by atoms with Crippen molar-refractivity contribution in [3.8, 4) is 0 Å². The van der Waals surface area contributed by atoms with Crippen LogP contribution >= 0.6 is 7.82 Å². The van der Waals surface area contributed by atoms with Crippen LogP contribution in [0.4, 0.5) is 0 Å². The highest BCUT2D eigenvalue weighted by molar-refractivity contribution is 7.45. The number of likely N-dealkylation sites (N-methyl/N-ethyl adjacent to an activating group) is 1. The second-order valence-electron chi connectivity index (χ2n) is 20.8. The Hall–Kier alpha value is -2.81. The van der Waals surface area contributed by atoms with Gasteiger partial charge in [-0.05, 0) is 102 Å². The summed E-state index contributed by atoms with van der Waals surface area (Å²) in [7, 11) is 1.15. The Morgan fingerprint density at radius 3 is 1.38 bits per heavy atom. The molecule has 1 amide bonds. The summed E-state index contributed by atoms with van der Waals surface area (Å²) in [5, 5.41) is 3.00. The van der Waals surface area contributed by atoms with Crippen LogP contribution in [-0.4, -0.2) is 69.4 Å². The molecule has 0 fully saturated rings. The molecule has 0 radical (unpaired) electrons. The number of hydrogen-bond acceptors (Lipinski definition) is 7. The smallest absolute Gasteiger partial charge is 0.306 e. The number of nitrogens with one attached hydrogen (secondary N) is 1. The van der Waals surface area contributed by atoms with Gasteiger partial charge in [-0.25, -0.2) is 0 Å². The Morgan fingerprint density at radius 2 is 0.889 bits per heavy atom. The van der Waals surface area contributed by atoms with Gasteiger partial charge in [0.15, 0.2) is 0 Å². The molecule has 9 nitrogen and oxygen atoms in total. The van der Waals surface area contributed by atoms with E-state index in [-0.39, 0.29) is 31.3 Å². The number of unbranched alkanes of at least 4 members (excludes halogenated alkanes) is 24. The first-order valence-corrected chi connectivity index (χ1v) is 30.9. The summed E-state index contributed by atoms with van der Waals surface area (Å²) in [5.41, 5.74) is 0. The number of rotatable bonds is 52. The normalized spacial score (nSPS) is 14.4. The molecular weight excluding hydrogens is 916 g/mol.